The number of halogens is 1. The van der Waals surface area contributed by atoms with Gasteiger partial charge in [-0.05, 0) is 31.5 Å². The summed E-state index contributed by atoms with van der Waals surface area (Å²) < 4.78 is 5.41. The van der Waals surface area contributed by atoms with Gasteiger partial charge in [-0.25, -0.2) is 0 Å². The van der Waals surface area contributed by atoms with Gasteiger partial charge in [0.2, 0.25) is 0 Å². The van der Waals surface area contributed by atoms with Crippen LogP contribution in [-0.4, -0.2) is 24.2 Å². The quantitative estimate of drug-likeness (QED) is 0.866. The van der Waals surface area contributed by atoms with Crippen molar-refractivity contribution in [3.05, 3.63) is 28.8 Å². The smallest absolute Gasteiger partial charge is 0.260 e. The lowest BCUT2D eigenvalue weighted by atomic mass is 10.1. The SMILES string of the molecule is CNC(=O)C(C)Oc1ccc([C@@H](C)O)cc1Cl. The zero-order valence-electron chi connectivity index (χ0n) is 10.0. The average molecular weight is 258 g/mol. The molecule has 0 bridgehead atoms. The van der Waals surface area contributed by atoms with Crippen LogP contribution in [0.25, 0.3) is 0 Å². The number of amides is 1. The summed E-state index contributed by atoms with van der Waals surface area (Å²) in [6, 6.07) is 4.98. The van der Waals surface area contributed by atoms with Crippen molar-refractivity contribution in [3.8, 4) is 5.75 Å². The minimum absolute atomic E-state index is 0.222. The Hall–Kier alpha value is -1.26. The first-order chi connectivity index (χ1) is 7.95. The van der Waals surface area contributed by atoms with E-state index in [1.165, 1.54) is 0 Å². The van der Waals surface area contributed by atoms with Crippen LogP contribution in [0.2, 0.25) is 5.02 Å². The summed E-state index contributed by atoms with van der Waals surface area (Å²) in [5.74, 6) is 0.202. The Morgan fingerprint density at radius 1 is 1.47 bits per heavy atom. The lowest BCUT2D eigenvalue weighted by molar-refractivity contribution is -0.126. The summed E-state index contributed by atoms with van der Waals surface area (Å²) in [5.41, 5.74) is 0.704. The van der Waals surface area contributed by atoms with Crippen molar-refractivity contribution in [1.29, 1.82) is 0 Å². The molecule has 0 saturated heterocycles. The van der Waals surface area contributed by atoms with Crippen LogP contribution in [0, 0.1) is 0 Å². The highest BCUT2D eigenvalue weighted by Gasteiger charge is 2.15. The number of hydrogen-bond donors (Lipinski definition) is 2. The van der Waals surface area contributed by atoms with Crippen LogP contribution in [0.5, 0.6) is 5.75 Å². The summed E-state index contributed by atoms with van der Waals surface area (Å²) in [6.07, 6.45) is -1.20. The van der Waals surface area contributed by atoms with E-state index in [4.69, 9.17) is 16.3 Å². The van der Waals surface area contributed by atoms with E-state index in [9.17, 15) is 9.90 Å². The van der Waals surface area contributed by atoms with Crippen molar-refractivity contribution >= 4 is 17.5 Å². The van der Waals surface area contributed by atoms with Gasteiger partial charge in [0.05, 0.1) is 11.1 Å². The van der Waals surface area contributed by atoms with Gasteiger partial charge in [0.1, 0.15) is 5.75 Å². The molecule has 17 heavy (non-hydrogen) atoms. The number of ether oxygens (including phenoxy) is 1. The van der Waals surface area contributed by atoms with Gasteiger partial charge < -0.3 is 15.2 Å². The predicted molar refractivity (Wildman–Crippen MR) is 66.2 cm³/mol. The van der Waals surface area contributed by atoms with E-state index in [0.29, 0.717) is 16.3 Å². The van der Waals surface area contributed by atoms with E-state index in [2.05, 4.69) is 5.32 Å². The number of hydrogen-bond acceptors (Lipinski definition) is 3. The molecule has 0 saturated carbocycles. The predicted octanol–water partition coefficient (Wildman–Crippen LogP) is 1.91. The van der Waals surface area contributed by atoms with Crippen LogP contribution in [0.1, 0.15) is 25.5 Å². The standard InChI is InChI=1S/C12H16ClNO3/c1-7(15)9-4-5-11(10(13)6-9)17-8(2)12(16)14-3/h4-8,15H,1-3H3,(H,14,16)/t7-,8?/m1/s1. The maximum absolute atomic E-state index is 11.3. The molecular weight excluding hydrogens is 242 g/mol. The summed E-state index contributed by atoms with van der Waals surface area (Å²) in [6.45, 7) is 3.29. The van der Waals surface area contributed by atoms with E-state index in [-0.39, 0.29) is 5.91 Å². The fourth-order valence-electron chi connectivity index (χ4n) is 1.32. The largest absolute Gasteiger partial charge is 0.479 e. The first-order valence-corrected chi connectivity index (χ1v) is 5.69. The second-order valence-electron chi connectivity index (χ2n) is 3.74. The second-order valence-corrected chi connectivity index (χ2v) is 4.15. The maximum Gasteiger partial charge on any atom is 0.260 e. The lowest BCUT2D eigenvalue weighted by Gasteiger charge is -2.15. The summed E-state index contributed by atoms with van der Waals surface area (Å²) in [5, 5.41) is 12.2. The van der Waals surface area contributed by atoms with Crippen molar-refractivity contribution in [1.82, 2.24) is 5.32 Å². The Morgan fingerprint density at radius 2 is 2.12 bits per heavy atom. The molecule has 0 aliphatic rings. The fourth-order valence-corrected chi connectivity index (χ4v) is 1.55. The fraction of sp³-hybridized carbons (Fsp3) is 0.417. The third-order valence-corrected chi connectivity index (χ3v) is 2.65. The molecule has 0 aliphatic carbocycles. The van der Waals surface area contributed by atoms with E-state index in [0.717, 1.165) is 0 Å². The van der Waals surface area contributed by atoms with Crippen LogP contribution in [0.4, 0.5) is 0 Å². The Kier molecular flexibility index (Phi) is 4.78. The van der Waals surface area contributed by atoms with Crippen molar-refractivity contribution in [2.24, 2.45) is 0 Å². The molecule has 4 nitrogen and oxygen atoms in total. The van der Waals surface area contributed by atoms with Gasteiger partial charge in [0.15, 0.2) is 6.10 Å². The summed E-state index contributed by atoms with van der Waals surface area (Å²) >= 11 is 6.00. The molecule has 1 amide bonds. The Morgan fingerprint density at radius 3 is 2.59 bits per heavy atom. The Labute approximate surface area is 106 Å². The van der Waals surface area contributed by atoms with Gasteiger partial charge in [-0.15, -0.1) is 0 Å². The number of carbonyl (C=O) groups excluding carboxylic acids is 1. The van der Waals surface area contributed by atoms with Crippen molar-refractivity contribution < 1.29 is 14.6 Å². The van der Waals surface area contributed by atoms with Crippen LogP contribution in [0.3, 0.4) is 0 Å². The number of aliphatic hydroxyl groups excluding tert-OH is 1. The molecule has 0 spiro atoms. The number of benzene rings is 1. The normalized spacial score (nSPS) is 13.9. The first kappa shape index (κ1) is 13.8. The van der Waals surface area contributed by atoms with Gasteiger partial charge in [-0.3, -0.25) is 4.79 Å². The molecule has 2 N–H and O–H groups in total. The zero-order valence-corrected chi connectivity index (χ0v) is 10.8. The van der Waals surface area contributed by atoms with Crippen molar-refractivity contribution in [3.63, 3.8) is 0 Å². The highest BCUT2D eigenvalue weighted by Crippen LogP contribution is 2.28. The Balaban J connectivity index is 2.83. The molecular formula is C12H16ClNO3. The van der Waals surface area contributed by atoms with Gasteiger partial charge in [-0.1, -0.05) is 17.7 Å². The molecule has 0 radical (unpaired) electrons. The van der Waals surface area contributed by atoms with E-state index >= 15 is 0 Å². The second kappa shape index (κ2) is 5.89. The highest BCUT2D eigenvalue weighted by atomic mass is 35.5. The van der Waals surface area contributed by atoms with Crippen LogP contribution in [-0.2, 0) is 4.79 Å². The van der Waals surface area contributed by atoms with Gasteiger partial charge in [0, 0.05) is 7.05 Å². The van der Waals surface area contributed by atoms with Crippen LogP contribution in [0.15, 0.2) is 18.2 Å². The topological polar surface area (TPSA) is 58.6 Å². The summed E-state index contributed by atoms with van der Waals surface area (Å²) in [4.78, 5) is 11.3. The van der Waals surface area contributed by atoms with Crippen molar-refractivity contribution in [2.45, 2.75) is 26.1 Å². The molecule has 0 aromatic heterocycles. The number of nitrogens with one attached hydrogen (secondary N) is 1. The van der Waals surface area contributed by atoms with Crippen LogP contribution < -0.4 is 10.1 Å². The van der Waals surface area contributed by atoms with Crippen LogP contribution >= 0.6 is 11.6 Å². The minimum Gasteiger partial charge on any atom is -0.479 e. The lowest BCUT2D eigenvalue weighted by Crippen LogP contribution is -2.33. The monoisotopic (exact) mass is 257 g/mol. The van der Waals surface area contributed by atoms with E-state index < -0.39 is 12.2 Å². The minimum atomic E-state index is -0.616. The van der Waals surface area contributed by atoms with E-state index in [1.807, 2.05) is 0 Å². The Bertz CT molecular complexity index is 407. The van der Waals surface area contributed by atoms with Gasteiger partial charge in [-0.2, -0.15) is 0 Å². The molecule has 94 valence electrons. The molecule has 0 fully saturated rings. The molecule has 1 rings (SSSR count). The number of carbonyl (C=O) groups is 1. The molecule has 1 aromatic carbocycles. The maximum atomic E-state index is 11.3. The molecule has 1 unspecified atom stereocenters. The number of likely N-dealkylation sites (N-methyl/N-ethyl adjacent to an activating group) is 1. The molecule has 0 aliphatic heterocycles. The molecule has 2 atom stereocenters. The average Bonchev–Trinajstić information content (AvgIpc) is 2.30. The number of aliphatic hydroxyl groups is 1. The first-order valence-electron chi connectivity index (χ1n) is 5.31. The highest BCUT2D eigenvalue weighted by molar-refractivity contribution is 6.32. The van der Waals surface area contributed by atoms with Crippen molar-refractivity contribution in [2.75, 3.05) is 7.05 Å². The van der Waals surface area contributed by atoms with Gasteiger partial charge >= 0.3 is 0 Å². The zero-order chi connectivity index (χ0) is 13.0. The molecule has 0 heterocycles. The van der Waals surface area contributed by atoms with E-state index in [1.54, 1.807) is 39.1 Å². The molecule has 1 aromatic rings. The van der Waals surface area contributed by atoms with Gasteiger partial charge in [0.25, 0.3) is 5.91 Å². The summed E-state index contributed by atoms with van der Waals surface area (Å²) in [7, 11) is 1.54. The number of rotatable bonds is 4. The third kappa shape index (κ3) is 3.61. The molecule has 5 heteroatoms. The third-order valence-electron chi connectivity index (χ3n) is 2.36.